The zero-order chi connectivity index (χ0) is 21.2. The summed E-state index contributed by atoms with van der Waals surface area (Å²) >= 11 is 0. The van der Waals surface area contributed by atoms with Crippen molar-refractivity contribution in [1.82, 2.24) is 15.1 Å². The Kier molecular flexibility index (Phi) is 5.73. The van der Waals surface area contributed by atoms with Crippen LogP contribution in [-0.4, -0.2) is 21.5 Å². The number of benzene rings is 2. The summed E-state index contributed by atoms with van der Waals surface area (Å²) in [6.45, 7) is 9.74. The number of nitrogens with one attached hydrogen (secondary N) is 1. The predicted octanol–water partition coefficient (Wildman–Crippen LogP) is 4.67. The molecular formula is C23H27N3O3. The Balaban J connectivity index is 1.88. The van der Waals surface area contributed by atoms with Gasteiger partial charge < -0.3 is 10.1 Å². The molecule has 3 rings (SSSR count). The molecule has 0 aliphatic heterocycles. The molecule has 0 spiro atoms. The van der Waals surface area contributed by atoms with Gasteiger partial charge in [-0.15, -0.1) is 0 Å². The van der Waals surface area contributed by atoms with Crippen molar-refractivity contribution in [1.29, 1.82) is 0 Å². The molecule has 29 heavy (non-hydrogen) atoms. The van der Waals surface area contributed by atoms with Crippen molar-refractivity contribution in [3.05, 3.63) is 64.4 Å². The number of fused-ring (bicyclic) bond motifs is 1. The highest BCUT2D eigenvalue weighted by atomic mass is 16.6. The number of ether oxygens (including phenoxy) is 1. The molecule has 0 fully saturated rings. The van der Waals surface area contributed by atoms with Crippen molar-refractivity contribution < 1.29 is 9.53 Å². The maximum Gasteiger partial charge on any atom is 0.407 e. The van der Waals surface area contributed by atoms with Gasteiger partial charge in [0.15, 0.2) is 0 Å². The largest absolute Gasteiger partial charge is 0.444 e. The van der Waals surface area contributed by atoms with E-state index in [2.05, 4.69) is 10.4 Å². The topological polar surface area (TPSA) is 73.2 Å². The van der Waals surface area contributed by atoms with E-state index in [1.807, 2.05) is 83.1 Å². The van der Waals surface area contributed by atoms with Crippen LogP contribution in [0.2, 0.25) is 0 Å². The Bertz CT molecular complexity index is 1080. The molecule has 1 aromatic heterocycles. The lowest BCUT2D eigenvalue weighted by atomic mass is 10.0. The number of carbonyl (C=O) groups excluding carboxylic acids is 1. The smallest absolute Gasteiger partial charge is 0.407 e. The monoisotopic (exact) mass is 393 g/mol. The molecule has 0 unspecified atom stereocenters. The van der Waals surface area contributed by atoms with Crippen LogP contribution in [0.4, 0.5) is 4.79 Å². The molecule has 2 aromatic carbocycles. The molecule has 0 atom stereocenters. The molecular weight excluding hydrogens is 366 g/mol. The molecule has 0 saturated carbocycles. The first-order chi connectivity index (χ1) is 13.7. The van der Waals surface area contributed by atoms with Gasteiger partial charge >= 0.3 is 6.09 Å². The lowest BCUT2D eigenvalue weighted by molar-refractivity contribution is 0.0523. The average Bonchev–Trinajstić information content (AvgIpc) is 2.66. The van der Waals surface area contributed by atoms with Crippen molar-refractivity contribution >= 4 is 16.9 Å². The van der Waals surface area contributed by atoms with E-state index >= 15 is 0 Å². The quantitative estimate of drug-likeness (QED) is 0.699. The normalized spacial score (nSPS) is 11.7. The standard InChI is InChI=1S/C23H27N3O3/c1-15(2)26-21(27)19-9-7-6-8-18(19)20(25-26)17-12-10-16(11-13-17)14-24-22(28)29-23(3,4)5/h6-13,15H,14H2,1-5H3,(H,24,28). The number of amides is 1. The number of aromatic nitrogens is 2. The van der Waals surface area contributed by atoms with Gasteiger partial charge in [-0.2, -0.15) is 5.10 Å². The Morgan fingerprint density at radius 2 is 1.69 bits per heavy atom. The fourth-order valence-electron chi connectivity index (χ4n) is 3.04. The highest BCUT2D eigenvalue weighted by Gasteiger charge is 2.16. The first kappa shape index (κ1) is 20.6. The number of rotatable bonds is 4. The summed E-state index contributed by atoms with van der Waals surface area (Å²) < 4.78 is 6.78. The van der Waals surface area contributed by atoms with Crippen LogP contribution in [-0.2, 0) is 11.3 Å². The minimum Gasteiger partial charge on any atom is -0.444 e. The van der Waals surface area contributed by atoms with E-state index in [0.717, 1.165) is 22.2 Å². The van der Waals surface area contributed by atoms with E-state index in [1.54, 1.807) is 0 Å². The van der Waals surface area contributed by atoms with Crippen LogP contribution >= 0.6 is 0 Å². The van der Waals surface area contributed by atoms with Gasteiger partial charge in [0.1, 0.15) is 5.60 Å². The third-order valence-corrected chi connectivity index (χ3v) is 4.38. The minimum absolute atomic E-state index is 0.0387. The van der Waals surface area contributed by atoms with Crippen LogP contribution in [0.25, 0.3) is 22.0 Å². The van der Waals surface area contributed by atoms with Crippen LogP contribution < -0.4 is 10.9 Å². The van der Waals surface area contributed by atoms with Crippen LogP contribution in [0.5, 0.6) is 0 Å². The molecule has 6 nitrogen and oxygen atoms in total. The third kappa shape index (κ3) is 4.83. The van der Waals surface area contributed by atoms with Gasteiger partial charge in [0.25, 0.3) is 5.56 Å². The summed E-state index contributed by atoms with van der Waals surface area (Å²) in [5.41, 5.74) is 2.01. The van der Waals surface area contributed by atoms with Gasteiger partial charge in [-0.3, -0.25) is 4.79 Å². The van der Waals surface area contributed by atoms with Gasteiger partial charge in [-0.05, 0) is 46.2 Å². The molecule has 1 amide bonds. The molecule has 1 N–H and O–H groups in total. The number of carbonyl (C=O) groups is 1. The van der Waals surface area contributed by atoms with E-state index in [4.69, 9.17) is 4.74 Å². The highest BCUT2D eigenvalue weighted by Crippen LogP contribution is 2.25. The molecule has 0 aliphatic carbocycles. The number of alkyl carbamates (subject to hydrolysis) is 1. The van der Waals surface area contributed by atoms with Crippen molar-refractivity contribution in [2.75, 3.05) is 0 Å². The fourth-order valence-corrected chi connectivity index (χ4v) is 3.04. The van der Waals surface area contributed by atoms with Gasteiger partial charge in [0.2, 0.25) is 0 Å². The van der Waals surface area contributed by atoms with E-state index in [-0.39, 0.29) is 11.6 Å². The molecule has 0 saturated heterocycles. The zero-order valence-corrected chi connectivity index (χ0v) is 17.5. The van der Waals surface area contributed by atoms with E-state index < -0.39 is 11.7 Å². The lowest BCUT2D eigenvalue weighted by Crippen LogP contribution is -2.32. The Hall–Kier alpha value is -3.15. The molecule has 152 valence electrons. The summed E-state index contributed by atoms with van der Waals surface area (Å²) in [5.74, 6) is 0. The maximum atomic E-state index is 12.7. The van der Waals surface area contributed by atoms with Crippen molar-refractivity contribution in [3.8, 4) is 11.3 Å². The van der Waals surface area contributed by atoms with Gasteiger partial charge in [0, 0.05) is 17.5 Å². The number of nitrogens with zero attached hydrogens (tertiary/aromatic N) is 2. The first-order valence-corrected chi connectivity index (χ1v) is 9.73. The average molecular weight is 393 g/mol. The van der Waals surface area contributed by atoms with E-state index in [1.165, 1.54) is 4.68 Å². The summed E-state index contributed by atoms with van der Waals surface area (Å²) in [5, 5.41) is 8.86. The fraction of sp³-hybridized carbons (Fsp3) is 0.348. The van der Waals surface area contributed by atoms with Crippen molar-refractivity contribution in [2.45, 2.75) is 52.8 Å². The van der Waals surface area contributed by atoms with Crippen LogP contribution in [0.3, 0.4) is 0 Å². The predicted molar refractivity (Wildman–Crippen MR) is 115 cm³/mol. The lowest BCUT2D eigenvalue weighted by Gasteiger charge is -2.19. The third-order valence-electron chi connectivity index (χ3n) is 4.38. The van der Waals surface area contributed by atoms with Gasteiger partial charge in [-0.25, -0.2) is 9.48 Å². The number of hydrogen-bond acceptors (Lipinski definition) is 4. The second kappa shape index (κ2) is 8.07. The second-order valence-electron chi connectivity index (χ2n) is 8.29. The maximum absolute atomic E-state index is 12.7. The Morgan fingerprint density at radius 3 is 2.28 bits per heavy atom. The molecule has 0 bridgehead atoms. The minimum atomic E-state index is -0.528. The summed E-state index contributed by atoms with van der Waals surface area (Å²) in [7, 11) is 0. The van der Waals surface area contributed by atoms with Gasteiger partial charge in [-0.1, -0.05) is 42.5 Å². The van der Waals surface area contributed by atoms with Gasteiger partial charge in [0.05, 0.1) is 17.1 Å². The van der Waals surface area contributed by atoms with Crippen LogP contribution in [0.15, 0.2) is 53.3 Å². The molecule has 1 heterocycles. The Morgan fingerprint density at radius 1 is 1.07 bits per heavy atom. The molecule has 6 heteroatoms. The highest BCUT2D eigenvalue weighted by molar-refractivity contribution is 5.93. The zero-order valence-electron chi connectivity index (χ0n) is 17.5. The van der Waals surface area contributed by atoms with E-state index in [0.29, 0.717) is 11.9 Å². The summed E-state index contributed by atoms with van der Waals surface area (Å²) in [6, 6.07) is 15.3. The molecule has 0 radical (unpaired) electrons. The summed E-state index contributed by atoms with van der Waals surface area (Å²) in [6.07, 6.45) is -0.446. The number of hydrogen-bond donors (Lipinski definition) is 1. The molecule has 3 aromatic rings. The second-order valence-corrected chi connectivity index (χ2v) is 8.29. The first-order valence-electron chi connectivity index (χ1n) is 9.73. The molecule has 0 aliphatic rings. The van der Waals surface area contributed by atoms with E-state index in [9.17, 15) is 9.59 Å². The Labute approximate surface area is 170 Å². The van der Waals surface area contributed by atoms with Crippen LogP contribution in [0.1, 0.15) is 46.2 Å². The van der Waals surface area contributed by atoms with Crippen molar-refractivity contribution in [2.24, 2.45) is 0 Å². The summed E-state index contributed by atoms with van der Waals surface area (Å²) in [4.78, 5) is 24.5. The van der Waals surface area contributed by atoms with Crippen molar-refractivity contribution in [3.63, 3.8) is 0 Å². The SMILES string of the molecule is CC(C)n1nc(-c2ccc(CNC(=O)OC(C)(C)C)cc2)c2ccccc2c1=O. The van der Waals surface area contributed by atoms with Crippen LogP contribution in [0, 0.1) is 0 Å².